The van der Waals surface area contributed by atoms with Gasteiger partial charge in [-0.2, -0.15) is 8.78 Å². The van der Waals surface area contributed by atoms with Crippen molar-refractivity contribution in [1.29, 1.82) is 0 Å². The van der Waals surface area contributed by atoms with Crippen molar-refractivity contribution >= 4 is 0 Å². The summed E-state index contributed by atoms with van der Waals surface area (Å²) in [6.45, 7) is 1.86. The Hall–Kier alpha value is -1.47. The van der Waals surface area contributed by atoms with Gasteiger partial charge in [0.25, 0.3) is 0 Å². The molecule has 0 bridgehead atoms. The zero-order valence-corrected chi connectivity index (χ0v) is 7.87. The van der Waals surface area contributed by atoms with Gasteiger partial charge in [0.2, 0.25) is 0 Å². The minimum absolute atomic E-state index is 0.0423. The summed E-state index contributed by atoms with van der Waals surface area (Å²) in [6.07, 6.45) is 3.73. The van der Waals surface area contributed by atoms with Crippen LogP contribution in [0.2, 0.25) is 0 Å². The Balaban J connectivity index is 2.58. The predicted octanol–water partition coefficient (Wildman–Crippen LogP) is 3.20. The first-order valence-corrected chi connectivity index (χ1v) is 4.35. The maximum absolute atomic E-state index is 11.7. The molecule has 1 aromatic heterocycles. The second-order valence-corrected chi connectivity index (χ2v) is 3.11. The van der Waals surface area contributed by atoms with Gasteiger partial charge in [-0.05, 0) is 30.0 Å². The SMILES string of the molecule is CC(C=C=C(F)F)Cc1cccnc1. The largest absolute Gasteiger partial charge is 0.312 e. The monoisotopic (exact) mass is 195 g/mol. The summed E-state index contributed by atoms with van der Waals surface area (Å²) in [7, 11) is 0. The van der Waals surface area contributed by atoms with E-state index in [0.717, 1.165) is 5.56 Å². The summed E-state index contributed by atoms with van der Waals surface area (Å²) < 4.78 is 23.4. The fourth-order valence-corrected chi connectivity index (χ4v) is 1.15. The van der Waals surface area contributed by atoms with Crippen molar-refractivity contribution in [2.45, 2.75) is 13.3 Å². The molecule has 0 N–H and O–H groups in total. The summed E-state index contributed by atoms with van der Waals surface area (Å²) in [5.74, 6) is 0.0423. The highest BCUT2D eigenvalue weighted by Gasteiger charge is 1.99. The van der Waals surface area contributed by atoms with Crippen LogP contribution in [0.3, 0.4) is 0 Å². The van der Waals surface area contributed by atoms with E-state index in [1.165, 1.54) is 6.08 Å². The lowest BCUT2D eigenvalue weighted by Gasteiger charge is -2.03. The molecule has 1 nitrogen and oxygen atoms in total. The van der Waals surface area contributed by atoms with Crippen molar-refractivity contribution in [3.8, 4) is 0 Å². The molecule has 1 aromatic rings. The summed E-state index contributed by atoms with van der Waals surface area (Å²) in [5.41, 5.74) is 2.94. The average molecular weight is 195 g/mol. The van der Waals surface area contributed by atoms with E-state index in [9.17, 15) is 8.78 Å². The zero-order valence-electron chi connectivity index (χ0n) is 7.87. The van der Waals surface area contributed by atoms with Crippen molar-refractivity contribution in [2.75, 3.05) is 0 Å². The van der Waals surface area contributed by atoms with Crippen LogP contribution < -0.4 is 0 Å². The molecule has 0 aromatic carbocycles. The molecule has 1 atom stereocenters. The molecule has 14 heavy (non-hydrogen) atoms. The molecule has 0 spiro atoms. The minimum Gasteiger partial charge on any atom is -0.264 e. The van der Waals surface area contributed by atoms with Crippen molar-refractivity contribution in [2.24, 2.45) is 5.92 Å². The van der Waals surface area contributed by atoms with Crippen LogP contribution >= 0.6 is 0 Å². The highest BCUT2D eigenvalue weighted by Crippen LogP contribution is 2.08. The Bertz CT molecular complexity index is 336. The number of aromatic nitrogens is 1. The number of pyridine rings is 1. The molecule has 0 aliphatic carbocycles. The molecule has 74 valence electrons. The van der Waals surface area contributed by atoms with Gasteiger partial charge in [0, 0.05) is 12.4 Å². The Morgan fingerprint density at radius 1 is 1.64 bits per heavy atom. The fourth-order valence-electron chi connectivity index (χ4n) is 1.15. The molecule has 0 amide bonds. The van der Waals surface area contributed by atoms with Crippen LogP contribution in [0.4, 0.5) is 8.78 Å². The molecule has 0 fully saturated rings. The van der Waals surface area contributed by atoms with Crippen LogP contribution in [-0.4, -0.2) is 4.98 Å². The first-order chi connectivity index (χ1) is 6.68. The quantitative estimate of drug-likeness (QED) is 0.675. The standard InChI is InChI=1S/C11H11F2N/c1-9(4-5-11(12)13)7-10-3-2-6-14-8-10/h2-4,6,8-9H,7H2,1H3. The van der Waals surface area contributed by atoms with Crippen LogP contribution in [0.1, 0.15) is 12.5 Å². The third kappa shape index (κ3) is 3.97. The molecule has 1 rings (SSSR count). The van der Waals surface area contributed by atoms with E-state index < -0.39 is 6.08 Å². The summed E-state index contributed by atoms with van der Waals surface area (Å²) in [6, 6.07) is 3.75. The van der Waals surface area contributed by atoms with Gasteiger partial charge in [0.1, 0.15) is 0 Å². The first-order valence-electron chi connectivity index (χ1n) is 4.35. The molecule has 0 radical (unpaired) electrons. The number of rotatable bonds is 3. The van der Waals surface area contributed by atoms with E-state index in [-0.39, 0.29) is 5.92 Å². The zero-order chi connectivity index (χ0) is 10.4. The number of allylic oxidation sites excluding steroid dienone is 1. The molecule has 0 aliphatic rings. The Labute approximate surface area is 81.8 Å². The van der Waals surface area contributed by atoms with Crippen LogP contribution in [0, 0.1) is 5.92 Å². The van der Waals surface area contributed by atoms with Crippen molar-refractivity contribution < 1.29 is 8.78 Å². The van der Waals surface area contributed by atoms with Gasteiger partial charge >= 0.3 is 6.08 Å². The number of hydrogen-bond acceptors (Lipinski definition) is 1. The lowest BCUT2D eigenvalue weighted by molar-refractivity contribution is 0.423. The predicted molar refractivity (Wildman–Crippen MR) is 50.9 cm³/mol. The van der Waals surface area contributed by atoms with Gasteiger partial charge in [-0.3, -0.25) is 4.98 Å². The van der Waals surface area contributed by atoms with Crippen LogP contribution in [0.25, 0.3) is 0 Å². The van der Waals surface area contributed by atoms with E-state index >= 15 is 0 Å². The highest BCUT2D eigenvalue weighted by atomic mass is 19.3. The Kier molecular flexibility index (Phi) is 4.02. The van der Waals surface area contributed by atoms with Gasteiger partial charge < -0.3 is 0 Å². The molecule has 0 saturated heterocycles. The number of nitrogens with zero attached hydrogens (tertiary/aromatic N) is 1. The van der Waals surface area contributed by atoms with Gasteiger partial charge in [0.15, 0.2) is 0 Å². The van der Waals surface area contributed by atoms with E-state index in [1.54, 1.807) is 12.4 Å². The van der Waals surface area contributed by atoms with Gasteiger partial charge in [-0.1, -0.05) is 18.7 Å². The third-order valence-corrected chi connectivity index (χ3v) is 1.76. The maximum atomic E-state index is 11.7. The van der Waals surface area contributed by atoms with Crippen LogP contribution in [-0.2, 0) is 6.42 Å². The lowest BCUT2D eigenvalue weighted by atomic mass is 10.0. The number of halogens is 2. The van der Waals surface area contributed by atoms with E-state index in [1.807, 2.05) is 24.8 Å². The summed E-state index contributed by atoms with van der Waals surface area (Å²) in [4.78, 5) is 3.95. The van der Waals surface area contributed by atoms with Crippen LogP contribution in [0.15, 0.2) is 42.4 Å². The molecule has 1 heterocycles. The van der Waals surface area contributed by atoms with Crippen LogP contribution in [0.5, 0.6) is 0 Å². The second-order valence-electron chi connectivity index (χ2n) is 3.11. The molecular formula is C11H11F2N. The Morgan fingerprint density at radius 3 is 3.00 bits per heavy atom. The fraction of sp³-hybridized carbons (Fsp3) is 0.273. The molecule has 0 aliphatic heterocycles. The summed E-state index contributed by atoms with van der Waals surface area (Å²) >= 11 is 0. The third-order valence-electron chi connectivity index (χ3n) is 1.76. The Morgan fingerprint density at radius 2 is 2.43 bits per heavy atom. The topological polar surface area (TPSA) is 12.9 Å². The maximum Gasteiger partial charge on any atom is 0.312 e. The van der Waals surface area contributed by atoms with Gasteiger partial charge in [-0.15, -0.1) is 0 Å². The summed E-state index contributed by atoms with van der Waals surface area (Å²) in [5, 5.41) is 0. The molecule has 3 heteroatoms. The normalized spacial score (nSPS) is 11.6. The van der Waals surface area contributed by atoms with Crippen molar-refractivity contribution in [3.63, 3.8) is 0 Å². The van der Waals surface area contributed by atoms with E-state index in [2.05, 4.69) is 4.98 Å². The second kappa shape index (κ2) is 5.30. The van der Waals surface area contributed by atoms with Crippen molar-refractivity contribution in [1.82, 2.24) is 4.98 Å². The number of hydrogen-bond donors (Lipinski definition) is 0. The molecule has 0 saturated carbocycles. The van der Waals surface area contributed by atoms with Gasteiger partial charge in [0.05, 0.1) is 0 Å². The van der Waals surface area contributed by atoms with Gasteiger partial charge in [-0.25, -0.2) is 0 Å². The minimum atomic E-state index is -1.77. The van der Waals surface area contributed by atoms with E-state index in [4.69, 9.17) is 0 Å². The highest BCUT2D eigenvalue weighted by molar-refractivity contribution is 5.10. The lowest BCUT2D eigenvalue weighted by Crippen LogP contribution is -1.95. The molecular weight excluding hydrogens is 184 g/mol. The smallest absolute Gasteiger partial charge is 0.264 e. The molecule has 1 unspecified atom stereocenters. The van der Waals surface area contributed by atoms with Crippen molar-refractivity contribution in [3.05, 3.63) is 48.0 Å². The average Bonchev–Trinajstić information content (AvgIpc) is 2.16. The van der Waals surface area contributed by atoms with E-state index in [0.29, 0.717) is 6.42 Å². The first kappa shape index (κ1) is 10.6.